The molecule has 0 spiro atoms. The minimum atomic E-state index is -1.29. The molecule has 0 aliphatic rings. The maximum Gasteiger partial charge on any atom is 0.249 e. The average Bonchev–Trinajstić information content (AvgIpc) is 2.53. The highest BCUT2D eigenvalue weighted by Gasteiger charge is 2.32. The van der Waals surface area contributed by atoms with E-state index in [0.29, 0.717) is 12.8 Å². The second-order valence-corrected chi connectivity index (χ2v) is 6.11. The fourth-order valence-corrected chi connectivity index (χ4v) is 1.92. The van der Waals surface area contributed by atoms with Crippen molar-refractivity contribution in [1.82, 2.24) is 5.32 Å². The second-order valence-electron chi connectivity index (χ2n) is 6.11. The number of aliphatic hydroxyl groups excluding tert-OH is 2. The second kappa shape index (κ2) is 8.66. The Morgan fingerprint density at radius 1 is 1.18 bits per heavy atom. The molecule has 0 fully saturated rings. The van der Waals surface area contributed by atoms with Gasteiger partial charge in [0.1, 0.15) is 11.9 Å². The number of aryl methyl sites for hydroxylation is 1. The lowest BCUT2D eigenvalue weighted by atomic mass is 9.87. The molecule has 0 saturated carbocycles. The van der Waals surface area contributed by atoms with Crippen molar-refractivity contribution in [2.45, 2.75) is 39.2 Å². The van der Waals surface area contributed by atoms with Crippen molar-refractivity contribution in [2.75, 3.05) is 13.2 Å². The minimum absolute atomic E-state index is 0.0695. The molecule has 1 rings (SSSR count). The zero-order valence-corrected chi connectivity index (χ0v) is 13.2. The number of nitrogens with one attached hydrogen (secondary N) is 1. The number of rotatable bonds is 9. The Morgan fingerprint density at radius 2 is 1.82 bits per heavy atom. The molecule has 0 heterocycles. The molecular weight excluding hydrogens is 282 g/mol. The highest BCUT2D eigenvalue weighted by Crippen LogP contribution is 2.19. The van der Waals surface area contributed by atoms with Crippen molar-refractivity contribution >= 4 is 11.7 Å². The van der Waals surface area contributed by atoms with E-state index in [0.717, 1.165) is 5.56 Å². The van der Waals surface area contributed by atoms with Crippen LogP contribution in [0.2, 0.25) is 0 Å². The fraction of sp³-hybridized carbons (Fsp3) is 0.529. The van der Waals surface area contributed by atoms with E-state index >= 15 is 0 Å². The molecule has 0 aliphatic carbocycles. The van der Waals surface area contributed by atoms with Crippen molar-refractivity contribution in [1.29, 1.82) is 0 Å². The van der Waals surface area contributed by atoms with Gasteiger partial charge in [-0.1, -0.05) is 44.2 Å². The predicted octanol–water partition coefficient (Wildman–Crippen LogP) is 1.07. The zero-order valence-electron chi connectivity index (χ0n) is 13.2. The molecule has 0 bridgehead atoms. The summed E-state index contributed by atoms with van der Waals surface area (Å²) in [7, 11) is 0. The first kappa shape index (κ1) is 18.3. The number of Topliss-reactive ketones (excluding diaryl/α,β-unsaturated/α-hetero) is 1. The molecule has 5 heteroatoms. The monoisotopic (exact) mass is 307 g/mol. The number of ketones is 1. The number of hydrogen-bond acceptors (Lipinski definition) is 4. The normalized spacial score (nSPS) is 12.7. The van der Waals surface area contributed by atoms with Gasteiger partial charge in [-0.05, 0) is 12.0 Å². The van der Waals surface area contributed by atoms with E-state index in [2.05, 4.69) is 5.32 Å². The van der Waals surface area contributed by atoms with Crippen LogP contribution < -0.4 is 5.32 Å². The van der Waals surface area contributed by atoms with Crippen LogP contribution in [0.25, 0.3) is 0 Å². The number of carbonyl (C=O) groups is 2. The minimum Gasteiger partial charge on any atom is -0.396 e. The first-order valence-electron chi connectivity index (χ1n) is 7.49. The third kappa shape index (κ3) is 5.95. The van der Waals surface area contributed by atoms with Gasteiger partial charge in [-0.25, -0.2) is 0 Å². The van der Waals surface area contributed by atoms with E-state index in [1.165, 1.54) is 0 Å². The summed E-state index contributed by atoms with van der Waals surface area (Å²) in [6, 6.07) is 9.75. The van der Waals surface area contributed by atoms with Crippen LogP contribution in [0.15, 0.2) is 30.3 Å². The summed E-state index contributed by atoms with van der Waals surface area (Å²) in [6.07, 6.45) is 0.0698. The number of amides is 1. The van der Waals surface area contributed by atoms with Crippen molar-refractivity contribution in [3.63, 3.8) is 0 Å². The SMILES string of the molecule is CC(C)(CO)[C@@H](O)C(=O)NCCC(=O)CCc1ccccc1. The molecule has 0 radical (unpaired) electrons. The van der Waals surface area contributed by atoms with Gasteiger partial charge in [-0.3, -0.25) is 9.59 Å². The van der Waals surface area contributed by atoms with Gasteiger partial charge < -0.3 is 15.5 Å². The van der Waals surface area contributed by atoms with Gasteiger partial charge in [-0.2, -0.15) is 0 Å². The largest absolute Gasteiger partial charge is 0.396 e. The van der Waals surface area contributed by atoms with E-state index in [1.807, 2.05) is 30.3 Å². The van der Waals surface area contributed by atoms with Crippen LogP contribution in [-0.2, 0) is 16.0 Å². The number of carbonyl (C=O) groups excluding carboxylic acids is 2. The molecule has 0 unspecified atom stereocenters. The van der Waals surface area contributed by atoms with E-state index in [1.54, 1.807) is 13.8 Å². The quantitative estimate of drug-likeness (QED) is 0.637. The van der Waals surface area contributed by atoms with Crippen LogP contribution in [0.5, 0.6) is 0 Å². The Labute approximate surface area is 131 Å². The Kier molecular flexibility index (Phi) is 7.21. The van der Waals surface area contributed by atoms with E-state index in [-0.39, 0.29) is 25.4 Å². The Hall–Kier alpha value is -1.72. The number of hydrogen-bond donors (Lipinski definition) is 3. The maximum atomic E-state index is 11.8. The van der Waals surface area contributed by atoms with E-state index in [9.17, 15) is 14.7 Å². The van der Waals surface area contributed by atoms with Crippen LogP contribution in [0.1, 0.15) is 32.3 Å². The smallest absolute Gasteiger partial charge is 0.249 e. The molecule has 0 aromatic heterocycles. The Morgan fingerprint density at radius 3 is 2.41 bits per heavy atom. The molecule has 3 N–H and O–H groups in total. The molecular formula is C17H25NO4. The lowest BCUT2D eigenvalue weighted by Crippen LogP contribution is -2.46. The maximum absolute atomic E-state index is 11.8. The molecule has 1 atom stereocenters. The van der Waals surface area contributed by atoms with Gasteiger partial charge in [-0.15, -0.1) is 0 Å². The molecule has 1 aromatic rings. The van der Waals surface area contributed by atoms with Crippen LogP contribution >= 0.6 is 0 Å². The summed E-state index contributed by atoms with van der Waals surface area (Å²) >= 11 is 0. The molecule has 0 aliphatic heterocycles. The van der Waals surface area contributed by atoms with Gasteiger partial charge in [0.25, 0.3) is 0 Å². The lowest BCUT2D eigenvalue weighted by molar-refractivity contribution is -0.137. The highest BCUT2D eigenvalue weighted by atomic mass is 16.3. The first-order valence-corrected chi connectivity index (χ1v) is 7.49. The van der Waals surface area contributed by atoms with Gasteiger partial charge in [0, 0.05) is 24.8 Å². The molecule has 1 amide bonds. The van der Waals surface area contributed by atoms with E-state index < -0.39 is 17.4 Å². The molecule has 122 valence electrons. The van der Waals surface area contributed by atoms with Crippen molar-refractivity contribution in [3.05, 3.63) is 35.9 Å². The van der Waals surface area contributed by atoms with Crippen molar-refractivity contribution < 1.29 is 19.8 Å². The van der Waals surface area contributed by atoms with Gasteiger partial charge in [0.15, 0.2) is 0 Å². The molecule has 0 saturated heterocycles. The highest BCUT2D eigenvalue weighted by molar-refractivity contribution is 5.83. The van der Waals surface area contributed by atoms with Gasteiger partial charge >= 0.3 is 0 Å². The van der Waals surface area contributed by atoms with Crippen LogP contribution in [-0.4, -0.2) is 41.2 Å². The standard InChI is InChI=1S/C17H25NO4/c1-17(2,12-19)15(21)16(22)18-11-10-14(20)9-8-13-6-4-3-5-7-13/h3-7,15,19,21H,8-12H2,1-2H3,(H,18,22)/t15-/m0/s1. The number of benzene rings is 1. The fourth-order valence-electron chi connectivity index (χ4n) is 1.92. The van der Waals surface area contributed by atoms with Crippen molar-refractivity contribution in [2.24, 2.45) is 5.41 Å². The Balaban J connectivity index is 2.26. The molecule has 1 aromatic carbocycles. The Bertz CT molecular complexity index is 485. The molecule has 22 heavy (non-hydrogen) atoms. The van der Waals surface area contributed by atoms with Gasteiger partial charge in [0.05, 0.1) is 6.61 Å². The van der Waals surface area contributed by atoms with Crippen LogP contribution in [0.4, 0.5) is 0 Å². The summed E-state index contributed by atoms with van der Waals surface area (Å²) < 4.78 is 0. The first-order chi connectivity index (χ1) is 10.4. The topological polar surface area (TPSA) is 86.6 Å². The summed E-state index contributed by atoms with van der Waals surface area (Å²) in [6.45, 7) is 3.10. The third-order valence-electron chi connectivity index (χ3n) is 3.63. The third-order valence-corrected chi connectivity index (χ3v) is 3.63. The number of aliphatic hydroxyl groups is 2. The van der Waals surface area contributed by atoms with Crippen LogP contribution in [0.3, 0.4) is 0 Å². The zero-order chi connectivity index (χ0) is 16.6. The lowest BCUT2D eigenvalue weighted by Gasteiger charge is -2.27. The average molecular weight is 307 g/mol. The van der Waals surface area contributed by atoms with Crippen LogP contribution in [0, 0.1) is 5.41 Å². The van der Waals surface area contributed by atoms with E-state index in [4.69, 9.17) is 5.11 Å². The van der Waals surface area contributed by atoms with Crippen molar-refractivity contribution in [3.8, 4) is 0 Å². The summed E-state index contributed by atoms with van der Waals surface area (Å²) in [5, 5.41) is 21.4. The predicted molar refractivity (Wildman–Crippen MR) is 84.3 cm³/mol. The van der Waals surface area contributed by atoms with Gasteiger partial charge in [0.2, 0.25) is 5.91 Å². The summed E-state index contributed by atoms with van der Waals surface area (Å²) in [5.41, 5.74) is 0.210. The molecule has 5 nitrogen and oxygen atoms in total. The summed E-state index contributed by atoms with van der Waals surface area (Å²) in [5.74, 6) is -0.491. The summed E-state index contributed by atoms with van der Waals surface area (Å²) in [4.78, 5) is 23.5.